The number of carbonyl (C=O) groups excluding carboxylic acids is 1. The summed E-state index contributed by atoms with van der Waals surface area (Å²) in [5.74, 6) is 0.980. The number of aryl methyl sites for hydroxylation is 1. The molecule has 2 atom stereocenters. The van der Waals surface area contributed by atoms with Crippen LogP contribution in [0.4, 0.5) is 9.18 Å². The number of hydrogen-bond acceptors (Lipinski definition) is 3. The molecule has 0 saturated heterocycles. The van der Waals surface area contributed by atoms with Gasteiger partial charge in [0.15, 0.2) is 0 Å². The predicted octanol–water partition coefficient (Wildman–Crippen LogP) is 2.60. The minimum Gasteiger partial charge on any atom is -0.336 e. The van der Waals surface area contributed by atoms with Gasteiger partial charge in [-0.15, -0.1) is 10.2 Å². The number of fused-ring (bicyclic) bond motifs is 1. The Bertz CT molecular complexity index is 745. The fraction of sp³-hybridized carbons (Fsp3) is 0.500. The van der Waals surface area contributed by atoms with Gasteiger partial charge in [-0.05, 0) is 36.0 Å². The lowest BCUT2D eigenvalue weighted by Gasteiger charge is -2.32. The van der Waals surface area contributed by atoms with Crippen LogP contribution in [-0.2, 0) is 19.4 Å². The van der Waals surface area contributed by atoms with Crippen LogP contribution in [0.2, 0.25) is 0 Å². The van der Waals surface area contributed by atoms with Crippen LogP contribution in [0, 0.1) is 11.7 Å². The molecule has 6 nitrogen and oxygen atoms in total. The van der Waals surface area contributed by atoms with Gasteiger partial charge in [0.1, 0.15) is 18.0 Å². The Morgan fingerprint density at radius 3 is 3.08 bits per heavy atom. The van der Waals surface area contributed by atoms with E-state index in [1.54, 1.807) is 12.4 Å². The van der Waals surface area contributed by atoms with Crippen molar-refractivity contribution in [2.75, 3.05) is 6.54 Å². The van der Waals surface area contributed by atoms with Gasteiger partial charge in [-0.3, -0.25) is 0 Å². The van der Waals surface area contributed by atoms with Crippen LogP contribution in [0.25, 0.3) is 0 Å². The van der Waals surface area contributed by atoms with Gasteiger partial charge in [-0.1, -0.05) is 26.0 Å². The maximum absolute atomic E-state index is 14.0. The summed E-state index contributed by atoms with van der Waals surface area (Å²) in [5, 5.41) is 13.8. The molecule has 0 radical (unpaired) electrons. The van der Waals surface area contributed by atoms with Crippen molar-refractivity contribution >= 4 is 6.03 Å². The quantitative estimate of drug-likeness (QED) is 0.875. The number of carbonyl (C=O) groups is 1. The molecule has 134 valence electrons. The molecule has 0 aliphatic heterocycles. The maximum atomic E-state index is 14.0. The van der Waals surface area contributed by atoms with Crippen molar-refractivity contribution in [2.45, 2.75) is 45.7 Å². The van der Waals surface area contributed by atoms with Crippen LogP contribution in [0.15, 0.2) is 24.5 Å². The monoisotopic (exact) mass is 345 g/mol. The summed E-state index contributed by atoms with van der Waals surface area (Å²) < 4.78 is 15.9. The van der Waals surface area contributed by atoms with Crippen LogP contribution in [0.3, 0.4) is 0 Å². The molecular weight excluding hydrogens is 321 g/mol. The highest BCUT2D eigenvalue weighted by Gasteiger charge is 2.29. The van der Waals surface area contributed by atoms with E-state index in [1.807, 2.05) is 17.6 Å². The van der Waals surface area contributed by atoms with E-state index in [2.05, 4.69) is 27.8 Å². The predicted molar refractivity (Wildman–Crippen MR) is 92.6 cm³/mol. The summed E-state index contributed by atoms with van der Waals surface area (Å²) in [6.07, 6.45) is 4.05. The third kappa shape index (κ3) is 3.81. The van der Waals surface area contributed by atoms with Gasteiger partial charge in [0.25, 0.3) is 0 Å². The molecule has 0 spiro atoms. The number of nitrogens with one attached hydrogen (secondary N) is 2. The van der Waals surface area contributed by atoms with Crippen LogP contribution in [0.1, 0.15) is 43.3 Å². The van der Waals surface area contributed by atoms with E-state index in [9.17, 15) is 9.18 Å². The number of aromatic nitrogens is 3. The van der Waals surface area contributed by atoms with Crippen LogP contribution in [-0.4, -0.2) is 27.3 Å². The van der Waals surface area contributed by atoms with Crippen molar-refractivity contribution in [3.63, 3.8) is 0 Å². The van der Waals surface area contributed by atoms with E-state index in [4.69, 9.17) is 0 Å². The topological polar surface area (TPSA) is 71.8 Å². The van der Waals surface area contributed by atoms with E-state index in [0.717, 1.165) is 36.2 Å². The first kappa shape index (κ1) is 17.4. The molecule has 1 aliphatic carbocycles. The van der Waals surface area contributed by atoms with Crippen molar-refractivity contribution in [2.24, 2.45) is 5.92 Å². The van der Waals surface area contributed by atoms with Crippen molar-refractivity contribution in [3.8, 4) is 0 Å². The lowest BCUT2D eigenvalue weighted by Crippen LogP contribution is -2.42. The van der Waals surface area contributed by atoms with Gasteiger partial charge in [0.2, 0.25) is 0 Å². The highest BCUT2D eigenvalue weighted by atomic mass is 19.1. The zero-order valence-corrected chi connectivity index (χ0v) is 14.6. The second kappa shape index (κ2) is 7.63. The van der Waals surface area contributed by atoms with E-state index < -0.39 is 0 Å². The Balaban J connectivity index is 1.59. The second-order valence-electron chi connectivity index (χ2n) is 6.50. The van der Waals surface area contributed by atoms with E-state index in [0.29, 0.717) is 13.1 Å². The molecule has 1 aromatic carbocycles. The summed E-state index contributed by atoms with van der Waals surface area (Å²) in [4.78, 5) is 12.3. The molecule has 2 amide bonds. The first-order chi connectivity index (χ1) is 12.1. The summed E-state index contributed by atoms with van der Waals surface area (Å²) in [7, 11) is 0. The maximum Gasteiger partial charge on any atom is 0.315 e. The largest absolute Gasteiger partial charge is 0.336 e. The molecular formula is C18H24FN5O. The standard InChI is InChI=1S/C18H24FN5O/c1-3-16-23-21-11-24(16)10-9-20-18(25)22-17-12(2)7-8-13-14(17)5-4-6-15(13)19/h4-6,11-12,17H,3,7-10H2,1-2H3,(H2,20,22,25)/t12-,17+/m0/s1. The van der Waals surface area contributed by atoms with Crippen molar-refractivity contribution in [3.05, 3.63) is 47.3 Å². The Kier molecular flexibility index (Phi) is 5.31. The number of halogens is 1. The zero-order chi connectivity index (χ0) is 17.8. The van der Waals surface area contributed by atoms with Gasteiger partial charge in [0, 0.05) is 19.5 Å². The molecule has 2 N–H and O–H groups in total. The molecule has 3 rings (SSSR count). The third-order valence-electron chi connectivity index (χ3n) is 4.85. The SMILES string of the molecule is CCc1nncn1CCNC(=O)N[C@H]1c2cccc(F)c2CC[C@@H]1C. The summed E-state index contributed by atoms with van der Waals surface area (Å²) in [6, 6.07) is 4.69. The lowest BCUT2D eigenvalue weighted by molar-refractivity contribution is 0.229. The highest BCUT2D eigenvalue weighted by molar-refractivity contribution is 5.74. The van der Waals surface area contributed by atoms with Gasteiger partial charge in [-0.25, -0.2) is 9.18 Å². The smallest absolute Gasteiger partial charge is 0.315 e. The highest BCUT2D eigenvalue weighted by Crippen LogP contribution is 2.35. The van der Waals surface area contributed by atoms with Crippen LogP contribution < -0.4 is 10.6 Å². The zero-order valence-electron chi connectivity index (χ0n) is 14.6. The third-order valence-corrected chi connectivity index (χ3v) is 4.85. The van der Waals surface area contributed by atoms with E-state index in [-0.39, 0.29) is 23.8 Å². The van der Waals surface area contributed by atoms with Crippen molar-refractivity contribution in [1.82, 2.24) is 25.4 Å². The van der Waals surface area contributed by atoms with Gasteiger partial charge >= 0.3 is 6.03 Å². The summed E-state index contributed by atoms with van der Waals surface area (Å²) >= 11 is 0. The number of rotatable bonds is 5. The number of nitrogens with zero attached hydrogens (tertiary/aromatic N) is 3. The molecule has 0 unspecified atom stereocenters. The van der Waals surface area contributed by atoms with E-state index >= 15 is 0 Å². The normalized spacial score (nSPS) is 19.3. The minimum absolute atomic E-state index is 0.166. The first-order valence-corrected chi connectivity index (χ1v) is 8.78. The van der Waals surface area contributed by atoms with E-state index in [1.165, 1.54) is 6.07 Å². The van der Waals surface area contributed by atoms with Gasteiger partial charge < -0.3 is 15.2 Å². The first-order valence-electron chi connectivity index (χ1n) is 8.78. The van der Waals surface area contributed by atoms with Gasteiger partial charge in [0.05, 0.1) is 6.04 Å². The molecule has 0 saturated carbocycles. The molecule has 1 heterocycles. The molecule has 7 heteroatoms. The number of hydrogen-bond donors (Lipinski definition) is 2. The van der Waals surface area contributed by atoms with Crippen LogP contribution >= 0.6 is 0 Å². The average Bonchev–Trinajstić information content (AvgIpc) is 3.05. The lowest BCUT2D eigenvalue weighted by atomic mass is 9.80. The fourth-order valence-corrected chi connectivity index (χ4v) is 3.42. The molecule has 1 aromatic heterocycles. The van der Waals surface area contributed by atoms with Crippen molar-refractivity contribution in [1.29, 1.82) is 0 Å². The molecule has 0 fully saturated rings. The summed E-state index contributed by atoms with van der Waals surface area (Å²) in [6.45, 7) is 5.20. The van der Waals surface area contributed by atoms with Gasteiger partial charge in [-0.2, -0.15) is 0 Å². The fourth-order valence-electron chi connectivity index (χ4n) is 3.42. The molecule has 2 aromatic rings. The number of urea groups is 1. The Morgan fingerprint density at radius 1 is 1.44 bits per heavy atom. The average molecular weight is 345 g/mol. The number of amides is 2. The molecule has 1 aliphatic rings. The summed E-state index contributed by atoms with van der Waals surface area (Å²) in [5.41, 5.74) is 1.61. The molecule has 25 heavy (non-hydrogen) atoms. The molecule has 0 bridgehead atoms. The minimum atomic E-state index is -0.236. The van der Waals surface area contributed by atoms with Crippen molar-refractivity contribution < 1.29 is 9.18 Å². The number of benzene rings is 1. The Hall–Kier alpha value is -2.44. The second-order valence-corrected chi connectivity index (χ2v) is 6.50. The Labute approximate surface area is 146 Å². The van der Waals surface area contributed by atoms with Crippen LogP contribution in [0.5, 0.6) is 0 Å². The Morgan fingerprint density at radius 2 is 2.28 bits per heavy atom.